The van der Waals surface area contributed by atoms with Crippen molar-refractivity contribution in [3.63, 3.8) is 0 Å². The third kappa shape index (κ3) is 4.94. The minimum absolute atomic E-state index is 0.520. The maximum Gasteiger partial charge on any atom is 0.238 e. The van der Waals surface area contributed by atoms with Crippen LogP contribution in [0.5, 0.6) is 0 Å². The summed E-state index contributed by atoms with van der Waals surface area (Å²) in [6, 6.07) is 72.6. The van der Waals surface area contributed by atoms with Gasteiger partial charge in [-0.05, 0) is 60.7 Å². The molecule has 0 aliphatic carbocycles. The zero-order valence-corrected chi connectivity index (χ0v) is 34.2. The highest BCUT2D eigenvalue weighted by molar-refractivity contribution is 6.24. The van der Waals surface area contributed by atoms with Crippen molar-refractivity contribution < 1.29 is 4.42 Å². The van der Waals surface area contributed by atoms with Crippen LogP contribution in [0.4, 0.5) is 0 Å². The van der Waals surface area contributed by atoms with Crippen molar-refractivity contribution >= 4 is 87.4 Å². The zero-order chi connectivity index (χ0) is 41.9. The molecular formula is C57H34N6O. The molecular weight excluding hydrogens is 785 g/mol. The Bertz CT molecular complexity index is 4140. The topological polar surface area (TPSA) is 66.6 Å². The number of benzene rings is 9. The molecule has 14 aromatic rings. The van der Waals surface area contributed by atoms with Gasteiger partial charge in [0.25, 0.3) is 0 Å². The number of para-hydroxylation sites is 6. The third-order valence-corrected chi connectivity index (χ3v) is 12.9. The van der Waals surface area contributed by atoms with Gasteiger partial charge >= 0.3 is 0 Å². The number of hydrogen-bond acceptors (Lipinski definition) is 4. The average molecular weight is 819 g/mol. The van der Waals surface area contributed by atoms with E-state index in [0.717, 1.165) is 88.1 Å². The SMILES string of the molecule is c1ccc(-c2nc(-c3cccc4c3oc3ccccc34)nc(-n3c4ccccc4c4ccc5c6cc(-n7c8ccccc8c8ccccc87)ccc6n(-c6ccccc6)c5c43)n2)cc1. The van der Waals surface area contributed by atoms with Gasteiger partial charge in [-0.15, -0.1) is 0 Å². The molecule has 0 unspecified atom stereocenters. The molecule has 0 spiro atoms. The van der Waals surface area contributed by atoms with Gasteiger partial charge in [0.05, 0.1) is 38.7 Å². The van der Waals surface area contributed by atoms with Crippen molar-refractivity contribution in [2.75, 3.05) is 0 Å². The van der Waals surface area contributed by atoms with Crippen LogP contribution in [0.3, 0.4) is 0 Å². The summed E-state index contributed by atoms with van der Waals surface area (Å²) in [5.41, 5.74) is 12.0. The van der Waals surface area contributed by atoms with Gasteiger partial charge < -0.3 is 13.6 Å². The van der Waals surface area contributed by atoms with E-state index in [-0.39, 0.29) is 0 Å². The van der Waals surface area contributed by atoms with Crippen molar-refractivity contribution in [1.82, 2.24) is 28.7 Å². The first-order chi connectivity index (χ1) is 31.8. The Morgan fingerprint density at radius 1 is 0.328 bits per heavy atom. The average Bonchev–Trinajstić information content (AvgIpc) is 4.11. The number of nitrogens with zero attached hydrogens (tertiary/aromatic N) is 6. The van der Waals surface area contributed by atoms with Crippen LogP contribution >= 0.6 is 0 Å². The molecule has 9 aromatic carbocycles. The van der Waals surface area contributed by atoms with E-state index >= 15 is 0 Å². The molecule has 0 aliphatic rings. The number of rotatable bonds is 5. The van der Waals surface area contributed by atoms with Crippen molar-refractivity contribution in [2.45, 2.75) is 0 Å². The van der Waals surface area contributed by atoms with Crippen LogP contribution in [0.2, 0.25) is 0 Å². The Hall–Kier alpha value is -8.81. The minimum Gasteiger partial charge on any atom is -0.455 e. The molecule has 5 heterocycles. The molecule has 0 aliphatic heterocycles. The molecule has 7 heteroatoms. The maximum atomic E-state index is 6.58. The molecule has 64 heavy (non-hydrogen) atoms. The lowest BCUT2D eigenvalue weighted by molar-refractivity contribution is 0.669. The van der Waals surface area contributed by atoms with E-state index < -0.39 is 0 Å². The van der Waals surface area contributed by atoms with Gasteiger partial charge in [0.1, 0.15) is 11.2 Å². The lowest BCUT2D eigenvalue weighted by Crippen LogP contribution is -2.07. The van der Waals surface area contributed by atoms with Crippen LogP contribution < -0.4 is 0 Å². The zero-order valence-electron chi connectivity index (χ0n) is 34.2. The molecule has 0 N–H and O–H groups in total. The highest BCUT2D eigenvalue weighted by atomic mass is 16.3. The fourth-order valence-electron chi connectivity index (χ4n) is 10.2. The Morgan fingerprint density at radius 2 is 0.875 bits per heavy atom. The monoisotopic (exact) mass is 818 g/mol. The van der Waals surface area contributed by atoms with Crippen molar-refractivity contribution in [3.8, 4) is 40.1 Å². The predicted molar refractivity (Wildman–Crippen MR) is 261 cm³/mol. The van der Waals surface area contributed by atoms with Crippen molar-refractivity contribution in [3.05, 3.63) is 206 Å². The highest BCUT2D eigenvalue weighted by Gasteiger charge is 2.25. The standard InChI is InChI=1S/C57H34N6O/c1-3-16-35(17-4-1)55-58-56(45-25-15-24-44-41-23-10-14-29-51(41)64-54(44)45)60-57(59-55)63-49-28-13-9-22-40(49)42-31-32-43-46-34-37(61-47-26-11-7-20-38(47)39-21-8-12-27-48(39)61)30-33-50(46)62(52(43)53(42)63)36-18-5-2-6-19-36/h1-34H. The van der Waals surface area contributed by atoms with E-state index in [2.05, 4.69) is 177 Å². The molecule has 0 saturated heterocycles. The van der Waals surface area contributed by atoms with E-state index in [1.54, 1.807) is 0 Å². The highest BCUT2D eigenvalue weighted by Crippen LogP contribution is 2.43. The lowest BCUT2D eigenvalue weighted by atomic mass is 10.1. The largest absolute Gasteiger partial charge is 0.455 e. The van der Waals surface area contributed by atoms with E-state index in [9.17, 15) is 0 Å². The molecule has 0 saturated carbocycles. The van der Waals surface area contributed by atoms with Crippen molar-refractivity contribution in [2.24, 2.45) is 0 Å². The van der Waals surface area contributed by atoms with Gasteiger partial charge in [-0.25, -0.2) is 4.98 Å². The summed E-state index contributed by atoms with van der Waals surface area (Å²) < 4.78 is 13.6. The number of furan rings is 1. The molecule has 298 valence electrons. The number of aromatic nitrogens is 6. The Labute approximate surface area is 365 Å². The third-order valence-electron chi connectivity index (χ3n) is 12.9. The van der Waals surface area contributed by atoms with Crippen LogP contribution in [0.15, 0.2) is 211 Å². The lowest BCUT2D eigenvalue weighted by Gasteiger charge is -2.13. The van der Waals surface area contributed by atoms with Gasteiger partial charge in [-0.1, -0.05) is 146 Å². The van der Waals surface area contributed by atoms with Gasteiger partial charge in [0.2, 0.25) is 5.95 Å². The molecule has 7 nitrogen and oxygen atoms in total. The normalized spacial score (nSPS) is 12.1. The summed E-state index contributed by atoms with van der Waals surface area (Å²) in [4.78, 5) is 16.0. The molecule has 14 rings (SSSR count). The summed E-state index contributed by atoms with van der Waals surface area (Å²) in [6.45, 7) is 0. The first-order valence-corrected chi connectivity index (χ1v) is 21.5. The summed E-state index contributed by atoms with van der Waals surface area (Å²) in [6.07, 6.45) is 0. The Balaban J connectivity index is 1.11. The summed E-state index contributed by atoms with van der Waals surface area (Å²) >= 11 is 0. The summed E-state index contributed by atoms with van der Waals surface area (Å²) in [5.74, 6) is 1.63. The molecule has 0 amide bonds. The van der Waals surface area contributed by atoms with Gasteiger partial charge in [-0.2, -0.15) is 9.97 Å². The first-order valence-electron chi connectivity index (χ1n) is 21.5. The second-order valence-electron chi connectivity index (χ2n) is 16.4. The molecule has 0 fully saturated rings. The smallest absolute Gasteiger partial charge is 0.238 e. The first kappa shape index (κ1) is 34.9. The fourth-order valence-corrected chi connectivity index (χ4v) is 10.2. The molecule has 0 radical (unpaired) electrons. The molecule has 5 aromatic heterocycles. The van der Waals surface area contributed by atoms with Crippen LogP contribution in [-0.4, -0.2) is 28.7 Å². The van der Waals surface area contributed by atoms with E-state index in [4.69, 9.17) is 19.4 Å². The van der Waals surface area contributed by atoms with E-state index in [0.29, 0.717) is 17.6 Å². The number of fused-ring (bicyclic) bond motifs is 13. The van der Waals surface area contributed by atoms with Gasteiger partial charge in [0.15, 0.2) is 11.6 Å². The predicted octanol–water partition coefficient (Wildman–Crippen LogP) is 14.4. The van der Waals surface area contributed by atoms with Crippen LogP contribution in [0.1, 0.15) is 0 Å². The van der Waals surface area contributed by atoms with E-state index in [1.807, 2.05) is 42.5 Å². The van der Waals surface area contributed by atoms with Crippen molar-refractivity contribution in [1.29, 1.82) is 0 Å². The van der Waals surface area contributed by atoms with Crippen LogP contribution in [0, 0.1) is 0 Å². The fraction of sp³-hybridized carbons (Fsp3) is 0. The number of hydrogen-bond donors (Lipinski definition) is 0. The quantitative estimate of drug-likeness (QED) is 0.173. The summed E-state index contributed by atoms with van der Waals surface area (Å²) in [5, 5.41) is 9.03. The summed E-state index contributed by atoms with van der Waals surface area (Å²) in [7, 11) is 0. The Morgan fingerprint density at radius 3 is 1.61 bits per heavy atom. The minimum atomic E-state index is 0.520. The van der Waals surface area contributed by atoms with Gasteiger partial charge in [-0.3, -0.25) is 4.57 Å². The Kier molecular flexibility index (Phi) is 7.27. The van der Waals surface area contributed by atoms with Crippen LogP contribution in [-0.2, 0) is 0 Å². The van der Waals surface area contributed by atoms with Gasteiger partial charge in [0, 0.05) is 60.0 Å². The molecule has 0 atom stereocenters. The maximum absolute atomic E-state index is 6.58. The second kappa shape index (κ2) is 13.3. The second-order valence-corrected chi connectivity index (χ2v) is 16.4. The molecule has 0 bridgehead atoms. The van der Waals surface area contributed by atoms with E-state index in [1.165, 1.54) is 21.8 Å². The van der Waals surface area contributed by atoms with Crippen LogP contribution in [0.25, 0.3) is 127 Å².